The first kappa shape index (κ1) is 13.7. The van der Waals surface area contributed by atoms with E-state index in [1.54, 1.807) is 6.07 Å². The second-order valence-electron chi connectivity index (χ2n) is 5.92. The Hall–Kier alpha value is -1.22. The Morgan fingerprint density at radius 1 is 1.35 bits per heavy atom. The van der Waals surface area contributed by atoms with E-state index in [4.69, 9.17) is 16.3 Å². The van der Waals surface area contributed by atoms with Gasteiger partial charge in [0, 0.05) is 17.6 Å². The minimum atomic E-state index is 0.119. The first-order valence-electron chi connectivity index (χ1n) is 7.32. The van der Waals surface area contributed by atoms with Crippen LogP contribution in [-0.2, 0) is 4.79 Å². The average Bonchev–Trinajstić information content (AvgIpc) is 3.26. The second kappa shape index (κ2) is 5.65. The van der Waals surface area contributed by atoms with E-state index < -0.39 is 0 Å². The van der Waals surface area contributed by atoms with Gasteiger partial charge in [0.2, 0.25) is 0 Å². The maximum Gasteiger partial charge on any atom is 0.260 e. The quantitative estimate of drug-likeness (QED) is 0.804. The molecular weight excluding hydrogens is 274 g/mol. The number of nitrogens with zero attached hydrogens (tertiary/aromatic N) is 1. The third-order valence-electron chi connectivity index (χ3n) is 3.95. The zero-order valence-electron chi connectivity index (χ0n) is 11.8. The largest absolute Gasteiger partial charge is 0.483 e. The first-order valence-corrected chi connectivity index (χ1v) is 7.69. The van der Waals surface area contributed by atoms with Crippen molar-refractivity contribution in [3.05, 3.63) is 28.8 Å². The highest BCUT2D eigenvalue weighted by Crippen LogP contribution is 2.35. The van der Waals surface area contributed by atoms with Crippen molar-refractivity contribution >= 4 is 17.5 Å². The van der Waals surface area contributed by atoms with Crippen molar-refractivity contribution in [2.45, 2.75) is 38.6 Å². The summed E-state index contributed by atoms with van der Waals surface area (Å²) < 4.78 is 5.66. The van der Waals surface area contributed by atoms with Crippen LogP contribution in [0.4, 0.5) is 0 Å². The van der Waals surface area contributed by atoms with Crippen molar-refractivity contribution in [2.75, 3.05) is 13.2 Å². The molecule has 0 bridgehead atoms. The highest BCUT2D eigenvalue weighted by molar-refractivity contribution is 6.30. The SMILES string of the molecule is Cc1cc(Cl)ccc1OCC(=O)N(CC1CC1)C1CC1. The van der Waals surface area contributed by atoms with Crippen LogP contribution in [0.15, 0.2) is 18.2 Å². The summed E-state index contributed by atoms with van der Waals surface area (Å²) in [5.74, 6) is 1.59. The molecule has 0 spiro atoms. The lowest BCUT2D eigenvalue weighted by Gasteiger charge is -2.22. The van der Waals surface area contributed by atoms with E-state index in [1.807, 2.05) is 24.0 Å². The van der Waals surface area contributed by atoms with Crippen molar-refractivity contribution in [2.24, 2.45) is 5.92 Å². The number of amides is 1. The van der Waals surface area contributed by atoms with Gasteiger partial charge < -0.3 is 9.64 Å². The number of aryl methyl sites for hydroxylation is 1. The zero-order chi connectivity index (χ0) is 14.1. The number of hydrogen-bond donors (Lipinski definition) is 0. The molecule has 3 rings (SSSR count). The van der Waals surface area contributed by atoms with E-state index in [2.05, 4.69) is 0 Å². The van der Waals surface area contributed by atoms with Gasteiger partial charge in [0.25, 0.3) is 5.91 Å². The van der Waals surface area contributed by atoms with Gasteiger partial charge in [0.1, 0.15) is 5.75 Å². The molecule has 4 heteroatoms. The Labute approximate surface area is 124 Å². The number of ether oxygens (including phenoxy) is 1. The van der Waals surface area contributed by atoms with Crippen LogP contribution in [0.25, 0.3) is 0 Å². The third-order valence-corrected chi connectivity index (χ3v) is 4.18. The highest BCUT2D eigenvalue weighted by atomic mass is 35.5. The summed E-state index contributed by atoms with van der Waals surface area (Å²) in [6, 6.07) is 5.94. The van der Waals surface area contributed by atoms with Gasteiger partial charge in [-0.2, -0.15) is 0 Å². The van der Waals surface area contributed by atoms with Crippen molar-refractivity contribution in [1.29, 1.82) is 0 Å². The van der Waals surface area contributed by atoms with Crippen molar-refractivity contribution < 1.29 is 9.53 Å². The molecule has 0 radical (unpaired) electrons. The Bertz CT molecular complexity index is 509. The zero-order valence-corrected chi connectivity index (χ0v) is 12.5. The maximum atomic E-state index is 12.3. The van der Waals surface area contributed by atoms with E-state index >= 15 is 0 Å². The molecule has 2 fully saturated rings. The predicted octanol–water partition coefficient (Wildman–Crippen LogP) is 3.43. The molecule has 0 N–H and O–H groups in total. The van der Waals surface area contributed by atoms with Crippen LogP contribution in [0.2, 0.25) is 5.02 Å². The molecular formula is C16H20ClNO2. The summed E-state index contributed by atoms with van der Waals surface area (Å²) in [5.41, 5.74) is 0.963. The Morgan fingerprint density at radius 2 is 2.10 bits per heavy atom. The van der Waals surface area contributed by atoms with E-state index in [0.717, 1.165) is 36.6 Å². The van der Waals surface area contributed by atoms with Gasteiger partial charge in [-0.15, -0.1) is 0 Å². The maximum absolute atomic E-state index is 12.3. The lowest BCUT2D eigenvalue weighted by Crippen LogP contribution is -2.38. The van der Waals surface area contributed by atoms with Gasteiger partial charge in [-0.05, 0) is 62.3 Å². The second-order valence-corrected chi connectivity index (χ2v) is 6.36. The fourth-order valence-corrected chi connectivity index (χ4v) is 2.64. The molecule has 1 aromatic carbocycles. The van der Waals surface area contributed by atoms with Crippen LogP contribution in [-0.4, -0.2) is 30.0 Å². The van der Waals surface area contributed by atoms with Gasteiger partial charge in [-0.1, -0.05) is 11.6 Å². The summed E-state index contributed by atoms with van der Waals surface area (Å²) in [6.07, 6.45) is 4.85. The number of carbonyl (C=O) groups is 1. The molecule has 1 aromatic rings. The van der Waals surface area contributed by atoms with Gasteiger partial charge >= 0.3 is 0 Å². The van der Waals surface area contributed by atoms with Crippen molar-refractivity contribution in [3.63, 3.8) is 0 Å². The molecule has 0 aliphatic heterocycles. The Morgan fingerprint density at radius 3 is 2.70 bits per heavy atom. The molecule has 20 heavy (non-hydrogen) atoms. The monoisotopic (exact) mass is 293 g/mol. The number of hydrogen-bond acceptors (Lipinski definition) is 2. The van der Waals surface area contributed by atoms with Crippen molar-refractivity contribution in [3.8, 4) is 5.75 Å². The smallest absolute Gasteiger partial charge is 0.260 e. The minimum Gasteiger partial charge on any atom is -0.483 e. The predicted molar refractivity (Wildman–Crippen MR) is 79.1 cm³/mol. The third kappa shape index (κ3) is 3.45. The van der Waals surface area contributed by atoms with Crippen LogP contribution >= 0.6 is 11.6 Å². The molecule has 3 nitrogen and oxygen atoms in total. The Balaban J connectivity index is 1.57. The molecule has 0 heterocycles. The molecule has 2 aliphatic carbocycles. The minimum absolute atomic E-state index is 0.119. The summed E-state index contributed by atoms with van der Waals surface area (Å²) in [4.78, 5) is 14.3. The number of benzene rings is 1. The average molecular weight is 294 g/mol. The standard InChI is InChI=1S/C16H20ClNO2/c1-11-8-13(17)4-7-15(11)20-10-16(19)18(14-5-6-14)9-12-2-3-12/h4,7-8,12,14H,2-3,5-6,9-10H2,1H3. The van der Waals surface area contributed by atoms with Gasteiger partial charge in [0.15, 0.2) is 6.61 Å². The van der Waals surface area contributed by atoms with E-state index in [9.17, 15) is 4.79 Å². The normalized spacial score (nSPS) is 17.9. The van der Waals surface area contributed by atoms with Gasteiger partial charge in [0.05, 0.1) is 0 Å². The lowest BCUT2D eigenvalue weighted by molar-refractivity contribution is -0.134. The molecule has 0 aromatic heterocycles. The van der Waals surface area contributed by atoms with Crippen molar-refractivity contribution in [1.82, 2.24) is 4.90 Å². The molecule has 0 unspecified atom stereocenters. The fourth-order valence-electron chi connectivity index (χ4n) is 2.42. The summed E-state index contributed by atoms with van der Waals surface area (Å²) in [6.45, 7) is 2.99. The van der Waals surface area contributed by atoms with E-state index in [1.165, 1.54) is 12.8 Å². The topological polar surface area (TPSA) is 29.5 Å². The molecule has 0 saturated heterocycles. The fraction of sp³-hybridized carbons (Fsp3) is 0.562. The number of carbonyl (C=O) groups excluding carboxylic acids is 1. The van der Waals surface area contributed by atoms with Crippen LogP contribution in [0.5, 0.6) is 5.75 Å². The molecule has 108 valence electrons. The summed E-state index contributed by atoms with van der Waals surface area (Å²) in [5, 5.41) is 0.689. The van der Waals surface area contributed by atoms with E-state index in [0.29, 0.717) is 11.1 Å². The highest BCUT2D eigenvalue weighted by Gasteiger charge is 2.36. The Kier molecular flexibility index (Phi) is 3.88. The summed E-state index contributed by atoms with van der Waals surface area (Å²) in [7, 11) is 0. The number of rotatable bonds is 6. The first-order chi connectivity index (χ1) is 9.63. The van der Waals surface area contributed by atoms with Crippen LogP contribution < -0.4 is 4.74 Å². The summed E-state index contributed by atoms with van der Waals surface area (Å²) >= 11 is 5.91. The lowest BCUT2D eigenvalue weighted by atomic mass is 10.2. The molecule has 1 amide bonds. The van der Waals surface area contributed by atoms with Crippen LogP contribution in [0, 0.1) is 12.8 Å². The molecule has 2 saturated carbocycles. The number of halogens is 1. The van der Waals surface area contributed by atoms with Crippen LogP contribution in [0.1, 0.15) is 31.2 Å². The van der Waals surface area contributed by atoms with Gasteiger partial charge in [-0.3, -0.25) is 4.79 Å². The molecule has 2 aliphatic rings. The molecule has 0 atom stereocenters. The van der Waals surface area contributed by atoms with Crippen LogP contribution in [0.3, 0.4) is 0 Å². The van der Waals surface area contributed by atoms with E-state index in [-0.39, 0.29) is 12.5 Å². The van der Waals surface area contributed by atoms with Gasteiger partial charge in [-0.25, -0.2) is 0 Å².